The monoisotopic (exact) mass is 263 g/mol. The number of aromatic nitrogens is 1. The molecule has 1 heterocycles. The van der Waals surface area contributed by atoms with E-state index >= 15 is 0 Å². The number of allylic oxidation sites excluding steroid dienone is 1. The molecule has 3 aromatic rings. The molecule has 0 saturated carbocycles. The number of aryl methyl sites for hydroxylation is 1. The summed E-state index contributed by atoms with van der Waals surface area (Å²) in [5.74, 6) is -0.151. The van der Waals surface area contributed by atoms with Crippen molar-refractivity contribution in [3.8, 4) is 0 Å². The van der Waals surface area contributed by atoms with Crippen LogP contribution in [0.4, 0.5) is 4.39 Å². The number of hydrogen-bond acceptors (Lipinski definition) is 0. The summed E-state index contributed by atoms with van der Waals surface area (Å²) in [5.41, 5.74) is 5.67. The molecule has 1 aliphatic rings. The Balaban J connectivity index is 1.88. The molecule has 0 unspecified atom stereocenters. The smallest absolute Gasteiger partial charge is 0.123 e. The molecule has 0 amide bonds. The first kappa shape index (κ1) is 11.5. The fourth-order valence-corrected chi connectivity index (χ4v) is 2.99. The van der Waals surface area contributed by atoms with Gasteiger partial charge in [-0.3, -0.25) is 0 Å². The van der Waals surface area contributed by atoms with Crippen LogP contribution >= 0.6 is 0 Å². The fraction of sp³-hybridized carbons (Fsp3) is 0.111. The standard InChI is InChI=1S/C18H14FN/c19-14-8-9-15-12(10-14)5-3-6-16(15)18-11-13-4-1-2-7-17(13)20-18/h1-2,4,6-11,20H,3,5H2. The van der Waals surface area contributed by atoms with Crippen molar-refractivity contribution in [2.45, 2.75) is 12.8 Å². The fourth-order valence-electron chi connectivity index (χ4n) is 2.99. The van der Waals surface area contributed by atoms with E-state index in [1.807, 2.05) is 18.2 Å². The number of rotatable bonds is 1. The molecule has 2 heteroatoms. The van der Waals surface area contributed by atoms with Crippen LogP contribution in [0.5, 0.6) is 0 Å². The maximum Gasteiger partial charge on any atom is 0.123 e. The summed E-state index contributed by atoms with van der Waals surface area (Å²) in [5, 5.41) is 1.21. The van der Waals surface area contributed by atoms with Gasteiger partial charge in [0.25, 0.3) is 0 Å². The number of hydrogen-bond donors (Lipinski definition) is 1. The molecule has 0 aliphatic heterocycles. The van der Waals surface area contributed by atoms with Gasteiger partial charge in [-0.25, -0.2) is 4.39 Å². The molecule has 1 N–H and O–H groups in total. The van der Waals surface area contributed by atoms with Crippen LogP contribution in [0, 0.1) is 5.82 Å². The minimum atomic E-state index is -0.151. The lowest BCUT2D eigenvalue weighted by molar-refractivity contribution is 0.624. The summed E-state index contributed by atoms with van der Waals surface area (Å²) in [6.07, 6.45) is 4.11. The van der Waals surface area contributed by atoms with Gasteiger partial charge in [0.15, 0.2) is 0 Å². The summed E-state index contributed by atoms with van der Waals surface area (Å²) in [6, 6.07) is 15.5. The van der Waals surface area contributed by atoms with Crippen molar-refractivity contribution >= 4 is 16.5 Å². The average molecular weight is 263 g/mol. The molecular formula is C18H14FN. The Labute approximate surface area is 116 Å². The molecule has 0 bridgehead atoms. The second-order valence-electron chi connectivity index (χ2n) is 5.23. The lowest BCUT2D eigenvalue weighted by Crippen LogP contribution is -2.01. The normalized spacial score (nSPS) is 14.2. The third-order valence-electron chi connectivity index (χ3n) is 3.94. The Kier molecular flexibility index (Phi) is 2.49. The van der Waals surface area contributed by atoms with Crippen LogP contribution in [-0.2, 0) is 6.42 Å². The number of H-pyrrole nitrogens is 1. The van der Waals surface area contributed by atoms with Crippen LogP contribution in [0.3, 0.4) is 0 Å². The second-order valence-corrected chi connectivity index (χ2v) is 5.23. The molecule has 0 saturated heterocycles. The van der Waals surface area contributed by atoms with Gasteiger partial charge >= 0.3 is 0 Å². The van der Waals surface area contributed by atoms with Gasteiger partial charge in [-0.2, -0.15) is 0 Å². The molecule has 4 rings (SSSR count). The number of fused-ring (bicyclic) bond motifs is 2. The number of nitrogens with one attached hydrogen (secondary N) is 1. The number of benzene rings is 2. The minimum Gasteiger partial charge on any atom is -0.355 e. The molecule has 0 fully saturated rings. The largest absolute Gasteiger partial charge is 0.355 e. The van der Waals surface area contributed by atoms with Crippen LogP contribution in [0.25, 0.3) is 16.5 Å². The van der Waals surface area contributed by atoms with Gasteiger partial charge < -0.3 is 4.98 Å². The van der Waals surface area contributed by atoms with Gasteiger partial charge in [0, 0.05) is 22.2 Å². The van der Waals surface area contributed by atoms with Crippen molar-refractivity contribution in [1.82, 2.24) is 4.98 Å². The summed E-state index contributed by atoms with van der Waals surface area (Å²) >= 11 is 0. The van der Waals surface area contributed by atoms with Crippen molar-refractivity contribution in [1.29, 1.82) is 0 Å². The van der Waals surface area contributed by atoms with E-state index in [1.54, 1.807) is 12.1 Å². The quantitative estimate of drug-likeness (QED) is 0.656. The number of halogens is 1. The van der Waals surface area contributed by atoms with Crippen molar-refractivity contribution in [3.63, 3.8) is 0 Å². The Morgan fingerprint density at radius 2 is 1.90 bits per heavy atom. The van der Waals surface area contributed by atoms with Crippen LogP contribution in [-0.4, -0.2) is 4.98 Å². The highest BCUT2D eigenvalue weighted by Gasteiger charge is 2.16. The Hall–Kier alpha value is -2.35. The molecule has 2 aromatic carbocycles. The predicted octanol–water partition coefficient (Wildman–Crippen LogP) is 4.68. The minimum absolute atomic E-state index is 0.151. The van der Waals surface area contributed by atoms with Crippen molar-refractivity contribution < 1.29 is 4.39 Å². The van der Waals surface area contributed by atoms with Crippen LogP contribution in [0.2, 0.25) is 0 Å². The van der Waals surface area contributed by atoms with Gasteiger partial charge in [-0.05, 0) is 48.2 Å². The maximum absolute atomic E-state index is 13.4. The molecule has 1 nitrogen and oxygen atoms in total. The van der Waals surface area contributed by atoms with E-state index in [1.165, 1.54) is 11.0 Å². The van der Waals surface area contributed by atoms with E-state index in [4.69, 9.17) is 0 Å². The Morgan fingerprint density at radius 1 is 1.00 bits per heavy atom. The third kappa shape index (κ3) is 1.76. The van der Waals surface area contributed by atoms with E-state index in [-0.39, 0.29) is 5.82 Å². The van der Waals surface area contributed by atoms with Crippen LogP contribution < -0.4 is 0 Å². The third-order valence-corrected chi connectivity index (χ3v) is 3.94. The molecule has 0 atom stereocenters. The van der Waals surface area contributed by atoms with Gasteiger partial charge in [-0.15, -0.1) is 0 Å². The zero-order valence-corrected chi connectivity index (χ0v) is 11.0. The van der Waals surface area contributed by atoms with Gasteiger partial charge in [0.1, 0.15) is 5.82 Å². The lowest BCUT2D eigenvalue weighted by Gasteiger charge is -2.17. The van der Waals surface area contributed by atoms with E-state index in [2.05, 4.69) is 29.3 Å². The molecule has 20 heavy (non-hydrogen) atoms. The molecule has 98 valence electrons. The highest BCUT2D eigenvalue weighted by Crippen LogP contribution is 2.33. The van der Waals surface area contributed by atoms with Gasteiger partial charge in [0.05, 0.1) is 0 Å². The van der Waals surface area contributed by atoms with E-state index in [0.717, 1.165) is 35.2 Å². The highest BCUT2D eigenvalue weighted by atomic mass is 19.1. The van der Waals surface area contributed by atoms with Gasteiger partial charge in [-0.1, -0.05) is 30.3 Å². The highest BCUT2D eigenvalue weighted by molar-refractivity contribution is 5.89. The number of para-hydroxylation sites is 1. The first-order valence-corrected chi connectivity index (χ1v) is 6.88. The topological polar surface area (TPSA) is 15.8 Å². The zero-order valence-electron chi connectivity index (χ0n) is 11.0. The molecule has 0 spiro atoms. The van der Waals surface area contributed by atoms with Crippen LogP contribution in [0.1, 0.15) is 23.2 Å². The summed E-state index contributed by atoms with van der Waals surface area (Å²) < 4.78 is 13.4. The maximum atomic E-state index is 13.4. The second kappa shape index (κ2) is 4.34. The average Bonchev–Trinajstić information content (AvgIpc) is 2.90. The van der Waals surface area contributed by atoms with E-state index in [0.29, 0.717) is 0 Å². The number of aromatic amines is 1. The van der Waals surface area contributed by atoms with Gasteiger partial charge in [0.2, 0.25) is 0 Å². The van der Waals surface area contributed by atoms with Crippen molar-refractivity contribution in [2.75, 3.05) is 0 Å². The SMILES string of the molecule is Fc1ccc2c(c1)CCC=C2c1cc2ccccc2[nH]1. The molecule has 1 aromatic heterocycles. The van der Waals surface area contributed by atoms with E-state index < -0.39 is 0 Å². The van der Waals surface area contributed by atoms with Crippen molar-refractivity contribution in [2.24, 2.45) is 0 Å². The van der Waals surface area contributed by atoms with Crippen molar-refractivity contribution in [3.05, 3.63) is 77.2 Å². The first-order valence-electron chi connectivity index (χ1n) is 6.88. The molecular weight excluding hydrogens is 249 g/mol. The first-order chi connectivity index (χ1) is 9.81. The Morgan fingerprint density at radius 3 is 2.80 bits per heavy atom. The summed E-state index contributed by atoms with van der Waals surface area (Å²) in [7, 11) is 0. The predicted molar refractivity (Wildman–Crippen MR) is 80.1 cm³/mol. The lowest BCUT2D eigenvalue weighted by atomic mass is 9.89. The van der Waals surface area contributed by atoms with E-state index in [9.17, 15) is 4.39 Å². The zero-order chi connectivity index (χ0) is 13.5. The van der Waals surface area contributed by atoms with Crippen LogP contribution in [0.15, 0.2) is 54.6 Å². The molecule has 1 aliphatic carbocycles. The molecule has 0 radical (unpaired) electrons. The Bertz CT molecular complexity index is 793. The summed E-state index contributed by atoms with van der Waals surface area (Å²) in [4.78, 5) is 3.46. The summed E-state index contributed by atoms with van der Waals surface area (Å²) in [6.45, 7) is 0.